The highest BCUT2D eigenvalue weighted by atomic mass is 16.6. The molecule has 0 spiro atoms. The lowest BCUT2D eigenvalue weighted by molar-refractivity contribution is -0.145. The molecule has 2 aromatic carbocycles. The highest BCUT2D eigenvalue weighted by molar-refractivity contribution is 5.83. The Kier molecular flexibility index (Phi) is 7.38. The topological polar surface area (TPSA) is 95.9 Å². The molecule has 0 bridgehead atoms. The van der Waals surface area contributed by atoms with E-state index in [1.54, 1.807) is 25.7 Å². The second-order valence-electron chi connectivity index (χ2n) is 9.45. The van der Waals surface area contributed by atoms with Crippen molar-refractivity contribution in [3.8, 4) is 0 Å². The van der Waals surface area contributed by atoms with Gasteiger partial charge in [-0.25, -0.2) is 4.79 Å². The molecule has 172 valence electrons. The van der Waals surface area contributed by atoms with Gasteiger partial charge in [0.25, 0.3) is 0 Å². The number of nitrogens with zero attached hydrogens (tertiary/aromatic N) is 1. The third-order valence-corrected chi connectivity index (χ3v) is 5.56. The number of ether oxygens (including phenoxy) is 1. The van der Waals surface area contributed by atoms with Crippen molar-refractivity contribution in [2.45, 2.75) is 58.1 Å². The van der Waals surface area contributed by atoms with Crippen LogP contribution in [0.3, 0.4) is 0 Å². The summed E-state index contributed by atoms with van der Waals surface area (Å²) in [5.41, 5.74) is 0.350. The van der Waals surface area contributed by atoms with Crippen molar-refractivity contribution in [3.63, 3.8) is 0 Å². The first kappa shape index (κ1) is 23.6. The molecule has 1 aliphatic heterocycles. The number of carbonyl (C=O) groups excluding carboxylic acids is 2. The Bertz CT molecular complexity index is 982. The monoisotopic (exact) mass is 440 g/mol. The minimum atomic E-state index is -0.873. The molecule has 1 aliphatic rings. The number of fused-ring (bicyclic) bond motifs is 1. The second kappa shape index (κ2) is 10.0. The van der Waals surface area contributed by atoms with Gasteiger partial charge in [0, 0.05) is 25.6 Å². The Morgan fingerprint density at radius 3 is 2.56 bits per heavy atom. The number of benzene rings is 2. The Morgan fingerprint density at radius 1 is 1.16 bits per heavy atom. The summed E-state index contributed by atoms with van der Waals surface area (Å²) in [7, 11) is 0. The summed E-state index contributed by atoms with van der Waals surface area (Å²) in [5, 5.41) is 14.4. The number of hydrogen-bond acceptors (Lipinski definition) is 4. The first-order valence-corrected chi connectivity index (χ1v) is 11.1. The molecule has 0 saturated carbocycles. The molecule has 0 aliphatic carbocycles. The van der Waals surface area contributed by atoms with Crippen LogP contribution in [0.25, 0.3) is 10.8 Å². The van der Waals surface area contributed by atoms with Gasteiger partial charge in [-0.3, -0.25) is 9.59 Å². The quantitative estimate of drug-likeness (QED) is 0.708. The second-order valence-corrected chi connectivity index (χ2v) is 9.45. The highest BCUT2D eigenvalue weighted by Crippen LogP contribution is 2.20. The number of rotatable bonds is 6. The molecule has 1 fully saturated rings. The van der Waals surface area contributed by atoms with E-state index in [1.165, 1.54) is 0 Å². The van der Waals surface area contributed by atoms with Crippen molar-refractivity contribution in [2.24, 2.45) is 5.92 Å². The average molecular weight is 441 g/mol. The van der Waals surface area contributed by atoms with Gasteiger partial charge in [0.15, 0.2) is 0 Å². The number of carbonyl (C=O) groups is 3. The van der Waals surface area contributed by atoms with Gasteiger partial charge in [0.2, 0.25) is 5.91 Å². The average Bonchev–Trinajstić information content (AvgIpc) is 2.72. The molecule has 7 nitrogen and oxygen atoms in total. The minimum Gasteiger partial charge on any atom is -0.481 e. The van der Waals surface area contributed by atoms with Crippen LogP contribution in [-0.4, -0.2) is 52.7 Å². The van der Waals surface area contributed by atoms with Gasteiger partial charge in [-0.2, -0.15) is 0 Å². The SMILES string of the molecule is CC(C)(C)OC(=O)N[C@@H](CC(=O)N1CCC[C@@H](C(=O)O)C1)Cc1ccc2ccccc2c1. The van der Waals surface area contributed by atoms with Crippen LogP contribution in [0.4, 0.5) is 4.79 Å². The Labute approximate surface area is 188 Å². The van der Waals surface area contributed by atoms with Crippen LogP contribution in [0.5, 0.6) is 0 Å². The van der Waals surface area contributed by atoms with E-state index in [2.05, 4.69) is 11.4 Å². The summed E-state index contributed by atoms with van der Waals surface area (Å²) in [6.07, 6.45) is 1.22. The van der Waals surface area contributed by atoms with Gasteiger partial charge in [-0.1, -0.05) is 42.5 Å². The first-order chi connectivity index (χ1) is 15.1. The predicted octanol–water partition coefficient (Wildman–Crippen LogP) is 3.99. The highest BCUT2D eigenvalue weighted by Gasteiger charge is 2.30. The van der Waals surface area contributed by atoms with Crippen molar-refractivity contribution < 1.29 is 24.2 Å². The third kappa shape index (κ3) is 6.70. The summed E-state index contributed by atoms with van der Waals surface area (Å²) in [6.45, 7) is 6.11. The van der Waals surface area contributed by atoms with Crippen LogP contribution in [0.2, 0.25) is 0 Å². The molecule has 7 heteroatoms. The summed E-state index contributed by atoms with van der Waals surface area (Å²) < 4.78 is 5.40. The van der Waals surface area contributed by atoms with Gasteiger partial charge >= 0.3 is 12.1 Å². The van der Waals surface area contributed by atoms with Crippen molar-refractivity contribution in [1.82, 2.24) is 10.2 Å². The lowest BCUT2D eigenvalue weighted by Crippen LogP contribution is -2.47. The van der Waals surface area contributed by atoms with Crippen LogP contribution in [0.15, 0.2) is 42.5 Å². The van der Waals surface area contributed by atoms with E-state index < -0.39 is 29.6 Å². The van der Waals surface area contributed by atoms with Crippen LogP contribution >= 0.6 is 0 Å². The molecule has 2 aromatic rings. The molecule has 32 heavy (non-hydrogen) atoms. The number of nitrogens with one attached hydrogen (secondary N) is 1. The van der Waals surface area contributed by atoms with E-state index in [0.717, 1.165) is 16.3 Å². The van der Waals surface area contributed by atoms with Gasteiger partial charge < -0.3 is 20.1 Å². The zero-order chi connectivity index (χ0) is 23.3. The van der Waals surface area contributed by atoms with Crippen LogP contribution in [-0.2, 0) is 20.7 Å². The van der Waals surface area contributed by atoms with Gasteiger partial charge in [-0.15, -0.1) is 0 Å². The van der Waals surface area contributed by atoms with E-state index in [4.69, 9.17) is 4.74 Å². The summed E-state index contributed by atoms with van der Waals surface area (Å²) in [6, 6.07) is 13.6. The number of likely N-dealkylation sites (tertiary alicyclic amines) is 1. The number of carboxylic acids is 1. The molecule has 2 atom stereocenters. The predicted molar refractivity (Wildman–Crippen MR) is 122 cm³/mol. The number of carboxylic acid groups (broad SMARTS) is 1. The zero-order valence-corrected chi connectivity index (χ0v) is 19.0. The van der Waals surface area contributed by atoms with E-state index in [9.17, 15) is 19.5 Å². The Hall–Kier alpha value is -3.09. The Morgan fingerprint density at radius 2 is 1.88 bits per heavy atom. The molecule has 0 aromatic heterocycles. The molecular formula is C25H32N2O5. The standard InChI is InChI=1S/C25H32N2O5/c1-25(2,3)32-24(31)26-21(14-17-10-11-18-7-4-5-8-19(18)13-17)15-22(28)27-12-6-9-20(16-27)23(29)30/h4-5,7-8,10-11,13,20-21H,6,9,12,14-16H2,1-3H3,(H,26,31)(H,29,30)/t20-,21-/m1/s1. The maximum Gasteiger partial charge on any atom is 0.407 e. The van der Waals surface area contributed by atoms with Crippen molar-refractivity contribution >= 4 is 28.7 Å². The summed E-state index contributed by atoms with van der Waals surface area (Å²) in [4.78, 5) is 38.4. The van der Waals surface area contributed by atoms with Crippen molar-refractivity contribution in [1.29, 1.82) is 0 Å². The number of amides is 2. The third-order valence-electron chi connectivity index (χ3n) is 5.56. The maximum absolute atomic E-state index is 13.0. The van der Waals surface area contributed by atoms with E-state index in [0.29, 0.717) is 25.8 Å². The number of piperidine rings is 1. The van der Waals surface area contributed by atoms with Crippen molar-refractivity contribution in [3.05, 3.63) is 48.0 Å². The molecule has 0 unspecified atom stereocenters. The van der Waals surface area contributed by atoms with Gasteiger partial charge in [0.1, 0.15) is 5.60 Å². The maximum atomic E-state index is 13.0. The van der Waals surface area contributed by atoms with E-state index in [-0.39, 0.29) is 18.9 Å². The number of hydrogen-bond donors (Lipinski definition) is 2. The number of alkyl carbamates (subject to hydrolysis) is 1. The molecule has 1 heterocycles. The fraction of sp³-hybridized carbons (Fsp3) is 0.480. The van der Waals surface area contributed by atoms with Gasteiger partial charge in [-0.05, 0) is 56.4 Å². The van der Waals surface area contributed by atoms with Crippen molar-refractivity contribution in [2.75, 3.05) is 13.1 Å². The van der Waals surface area contributed by atoms with E-state index in [1.807, 2.05) is 36.4 Å². The summed E-state index contributed by atoms with van der Waals surface area (Å²) in [5.74, 6) is -1.56. The summed E-state index contributed by atoms with van der Waals surface area (Å²) >= 11 is 0. The smallest absolute Gasteiger partial charge is 0.407 e. The lowest BCUT2D eigenvalue weighted by Gasteiger charge is -2.32. The number of aliphatic carboxylic acids is 1. The molecule has 2 amide bonds. The lowest BCUT2D eigenvalue weighted by atomic mass is 9.96. The zero-order valence-electron chi connectivity index (χ0n) is 19.0. The molecule has 0 radical (unpaired) electrons. The molecule has 2 N–H and O–H groups in total. The fourth-order valence-electron chi connectivity index (χ4n) is 4.04. The normalized spacial score (nSPS) is 17.6. The van der Waals surface area contributed by atoms with Crippen LogP contribution in [0, 0.1) is 5.92 Å². The van der Waals surface area contributed by atoms with Crippen LogP contribution < -0.4 is 5.32 Å². The van der Waals surface area contributed by atoms with E-state index >= 15 is 0 Å². The molecular weight excluding hydrogens is 408 g/mol. The fourth-order valence-corrected chi connectivity index (χ4v) is 4.04. The van der Waals surface area contributed by atoms with Crippen LogP contribution in [0.1, 0.15) is 45.6 Å². The molecule has 3 rings (SSSR count). The van der Waals surface area contributed by atoms with Gasteiger partial charge in [0.05, 0.1) is 5.92 Å². The Balaban J connectivity index is 1.74. The minimum absolute atomic E-state index is 0.0818. The first-order valence-electron chi connectivity index (χ1n) is 11.1. The molecule has 1 saturated heterocycles. The largest absolute Gasteiger partial charge is 0.481 e.